The van der Waals surface area contributed by atoms with Gasteiger partial charge in [0.15, 0.2) is 11.9 Å². The number of benzodiazepines with no additional fused rings is 1. The zero-order valence-electron chi connectivity index (χ0n) is 17.6. The molecular weight excluding hydrogens is 427 g/mol. The van der Waals surface area contributed by atoms with Gasteiger partial charge >= 0.3 is 0 Å². The average molecular weight is 446 g/mol. The van der Waals surface area contributed by atoms with E-state index in [1.54, 1.807) is 43.3 Å². The van der Waals surface area contributed by atoms with Crippen molar-refractivity contribution in [2.24, 2.45) is 10.7 Å². The number of fused-ring (bicyclic) bond motifs is 1. The molecule has 1 heterocycles. The molecule has 8 nitrogen and oxygen atoms in total. The van der Waals surface area contributed by atoms with Crippen molar-refractivity contribution in [3.63, 3.8) is 0 Å². The second kappa shape index (κ2) is 8.71. The molecule has 0 radical (unpaired) electrons. The van der Waals surface area contributed by atoms with Crippen molar-refractivity contribution in [1.29, 1.82) is 0 Å². The molecule has 3 aromatic rings. The maximum Gasteiger partial charge on any atom is 0.270 e. The van der Waals surface area contributed by atoms with E-state index in [1.807, 2.05) is 0 Å². The fourth-order valence-corrected chi connectivity index (χ4v) is 3.79. The molecule has 0 aromatic heterocycles. The quantitative estimate of drug-likeness (QED) is 0.366. The van der Waals surface area contributed by atoms with E-state index >= 15 is 0 Å². The molecule has 1 atom stereocenters. The third-order valence-corrected chi connectivity index (χ3v) is 5.36. The second-order valence-electron chi connectivity index (χ2n) is 7.53. The number of ketones is 1. The van der Waals surface area contributed by atoms with Gasteiger partial charge < -0.3 is 10.6 Å². The smallest absolute Gasteiger partial charge is 0.270 e. The van der Waals surface area contributed by atoms with E-state index in [1.165, 1.54) is 29.2 Å². The lowest BCUT2D eigenvalue weighted by Gasteiger charge is -2.25. The third-order valence-electron chi connectivity index (χ3n) is 5.36. The maximum absolute atomic E-state index is 14.6. The fraction of sp³-hybridized carbons (Fsp3) is 0.125. The molecule has 1 amide bonds. The number of para-hydroxylation sites is 1. The summed E-state index contributed by atoms with van der Waals surface area (Å²) < 4.78 is 14.6. The SMILES string of the molecule is Cc1cccc2c1N(CC(=O)c1cccc([N+](=O)[O-])c1)C(=O)C(N)N=C2c1ccccc1F. The highest BCUT2D eigenvalue weighted by molar-refractivity contribution is 6.21. The number of rotatable bonds is 5. The molecule has 9 heteroatoms. The standard InChI is InChI=1S/C24H19FN4O4/c1-14-6-4-10-18-21(17-9-2-3-11-19(17)25)27-23(26)24(31)28(22(14)18)13-20(30)15-7-5-8-16(12-15)29(32)33/h2-12,23H,13,26H2,1H3. The zero-order chi connectivity index (χ0) is 23.7. The van der Waals surface area contributed by atoms with Crippen LogP contribution in [0.4, 0.5) is 15.8 Å². The lowest BCUT2D eigenvalue weighted by atomic mass is 9.97. The van der Waals surface area contributed by atoms with Crippen LogP contribution in [-0.2, 0) is 4.79 Å². The normalized spacial score (nSPS) is 15.5. The summed E-state index contributed by atoms with van der Waals surface area (Å²) in [5.74, 6) is -1.68. The van der Waals surface area contributed by atoms with Crippen LogP contribution < -0.4 is 10.6 Å². The van der Waals surface area contributed by atoms with E-state index in [9.17, 15) is 24.1 Å². The molecule has 1 unspecified atom stereocenters. The van der Waals surface area contributed by atoms with Crippen molar-refractivity contribution >= 4 is 28.8 Å². The Kier molecular flexibility index (Phi) is 5.80. The Hall–Kier alpha value is -4.24. The van der Waals surface area contributed by atoms with Crippen LogP contribution in [0.2, 0.25) is 0 Å². The number of carbonyl (C=O) groups is 2. The first-order valence-electron chi connectivity index (χ1n) is 10.0. The fourth-order valence-electron chi connectivity index (χ4n) is 3.79. The van der Waals surface area contributed by atoms with Gasteiger partial charge in [-0.15, -0.1) is 0 Å². The van der Waals surface area contributed by atoms with Gasteiger partial charge in [0, 0.05) is 28.8 Å². The molecule has 1 aliphatic rings. The first kappa shape index (κ1) is 22.0. The number of Topliss-reactive ketones (excluding diaryl/α,β-unsaturated/α-hetero) is 1. The highest BCUT2D eigenvalue weighted by atomic mass is 19.1. The van der Waals surface area contributed by atoms with Crippen molar-refractivity contribution < 1.29 is 18.9 Å². The molecule has 0 aliphatic carbocycles. The number of aryl methyl sites for hydroxylation is 1. The van der Waals surface area contributed by atoms with E-state index in [0.717, 1.165) is 6.07 Å². The van der Waals surface area contributed by atoms with Gasteiger partial charge in [-0.1, -0.05) is 42.5 Å². The Morgan fingerprint density at radius 2 is 1.82 bits per heavy atom. The topological polar surface area (TPSA) is 119 Å². The Balaban J connectivity index is 1.81. The molecule has 4 rings (SSSR count). The van der Waals surface area contributed by atoms with Crippen molar-refractivity contribution in [2.75, 3.05) is 11.4 Å². The van der Waals surface area contributed by atoms with Gasteiger partial charge in [-0.05, 0) is 24.6 Å². The Labute approximate surface area is 188 Å². The number of halogens is 1. The van der Waals surface area contributed by atoms with Gasteiger partial charge in [0.25, 0.3) is 11.6 Å². The maximum atomic E-state index is 14.6. The Morgan fingerprint density at radius 1 is 1.12 bits per heavy atom. The number of hydrogen-bond acceptors (Lipinski definition) is 6. The molecule has 166 valence electrons. The van der Waals surface area contributed by atoms with Crippen LogP contribution in [0.5, 0.6) is 0 Å². The van der Waals surface area contributed by atoms with Crippen LogP contribution in [0.25, 0.3) is 0 Å². The molecule has 0 saturated carbocycles. The molecule has 33 heavy (non-hydrogen) atoms. The minimum atomic E-state index is -1.37. The summed E-state index contributed by atoms with van der Waals surface area (Å²) >= 11 is 0. The lowest BCUT2D eigenvalue weighted by molar-refractivity contribution is -0.384. The van der Waals surface area contributed by atoms with Crippen molar-refractivity contribution in [1.82, 2.24) is 0 Å². The number of carbonyl (C=O) groups excluding carboxylic acids is 2. The Bertz CT molecular complexity index is 1320. The van der Waals surface area contributed by atoms with Crippen LogP contribution in [0, 0.1) is 22.9 Å². The van der Waals surface area contributed by atoms with E-state index < -0.39 is 35.1 Å². The second-order valence-corrected chi connectivity index (χ2v) is 7.53. The van der Waals surface area contributed by atoms with Crippen LogP contribution in [0.3, 0.4) is 0 Å². The van der Waals surface area contributed by atoms with Crippen molar-refractivity contribution in [2.45, 2.75) is 13.1 Å². The van der Waals surface area contributed by atoms with Gasteiger partial charge in [0.05, 0.1) is 22.9 Å². The number of nitro benzene ring substituents is 1. The summed E-state index contributed by atoms with van der Waals surface area (Å²) in [4.78, 5) is 42.2. The number of aliphatic imine (C=N–C) groups is 1. The minimum Gasteiger partial charge on any atom is -0.302 e. The number of benzene rings is 3. The van der Waals surface area contributed by atoms with Gasteiger partial charge in [-0.25, -0.2) is 4.39 Å². The summed E-state index contributed by atoms with van der Waals surface area (Å²) in [6.07, 6.45) is -1.37. The molecule has 0 saturated heterocycles. The number of anilines is 1. The van der Waals surface area contributed by atoms with Crippen molar-refractivity contribution in [3.8, 4) is 0 Å². The molecular formula is C24H19FN4O4. The lowest BCUT2D eigenvalue weighted by Crippen LogP contribution is -2.45. The predicted molar refractivity (Wildman–Crippen MR) is 121 cm³/mol. The zero-order valence-corrected chi connectivity index (χ0v) is 17.6. The number of hydrogen-bond donors (Lipinski definition) is 1. The predicted octanol–water partition coefficient (Wildman–Crippen LogP) is 3.39. The summed E-state index contributed by atoms with van der Waals surface area (Å²) in [5, 5.41) is 11.1. The van der Waals surface area contributed by atoms with Crippen LogP contribution in [0.1, 0.15) is 27.0 Å². The first-order valence-corrected chi connectivity index (χ1v) is 10.0. The van der Waals surface area contributed by atoms with Gasteiger partial charge in [-0.3, -0.25) is 24.7 Å². The summed E-state index contributed by atoms with van der Waals surface area (Å²) in [6.45, 7) is 1.35. The van der Waals surface area contributed by atoms with Crippen LogP contribution >= 0.6 is 0 Å². The summed E-state index contributed by atoms with van der Waals surface area (Å²) in [6, 6.07) is 16.5. The molecule has 0 bridgehead atoms. The first-order chi connectivity index (χ1) is 15.8. The number of nitrogens with two attached hydrogens (primary N) is 1. The molecule has 0 spiro atoms. The van der Waals surface area contributed by atoms with Crippen molar-refractivity contribution in [3.05, 3.63) is 105 Å². The number of non-ortho nitro benzene ring substituents is 1. The van der Waals surface area contributed by atoms with E-state index in [-0.39, 0.29) is 22.5 Å². The largest absolute Gasteiger partial charge is 0.302 e. The number of nitro groups is 1. The summed E-state index contributed by atoms with van der Waals surface area (Å²) in [5.41, 5.74) is 7.78. The summed E-state index contributed by atoms with van der Waals surface area (Å²) in [7, 11) is 0. The minimum absolute atomic E-state index is 0.0835. The Morgan fingerprint density at radius 3 is 2.55 bits per heavy atom. The molecule has 0 fully saturated rings. The molecule has 2 N–H and O–H groups in total. The van der Waals surface area contributed by atoms with E-state index in [0.29, 0.717) is 16.8 Å². The average Bonchev–Trinajstić information content (AvgIpc) is 2.90. The van der Waals surface area contributed by atoms with Crippen LogP contribution in [0.15, 0.2) is 71.7 Å². The van der Waals surface area contributed by atoms with Crippen LogP contribution in [-0.4, -0.2) is 35.0 Å². The van der Waals surface area contributed by atoms with E-state index in [4.69, 9.17) is 5.73 Å². The molecule has 3 aromatic carbocycles. The highest BCUT2D eigenvalue weighted by Gasteiger charge is 2.33. The number of nitrogens with zero attached hydrogens (tertiary/aromatic N) is 3. The van der Waals surface area contributed by atoms with E-state index in [2.05, 4.69) is 4.99 Å². The van der Waals surface area contributed by atoms with Gasteiger partial charge in [0.1, 0.15) is 5.82 Å². The molecule has 1 aliphatic heterocycles. The van der Waals surface area contributed by atoms with Gasteiger partial charge in [-0.2, -0.15) is 0 Å². The highest BCUT2D eigenvalue weighted by Crippen LogP contribution is 2.32. The monoisotopic (exact) mass is 446 g/mol. The van der Waals surface area contributed by atoms with Gasteiger partial charge in [0.2, 0.25) is 0 Å². The number of amides is 1. The third kappa shape index (κ3) is 4.13.